The molecule has 7 nitrogen and oxygen atoms in total. The largest absolute Gasteiger partial charge is 0.383 e. The van der Waals surface area contributed by atoms with Crippen molar-refractivity contribution in [3.63, 3.8) is 0 Å². The molecule has 2 aromatic rings. The number of hydrogen-bond acceptors (Lipinski definition) is 4. The second kappa shape index (κ2) is 9.41. The number of nitrogens with two attached hydrogens (primary N) is 1. The number of carbonyl (C=O) groups excluding carboxylic acids is 1. The van der Waals surface area contributed by atoms with Gasteiger partial charge >= 0.3 is 5.69 Å². The Morgan fingerprint density at radius 1 is 1.28 bits per heavy atom. The van der Waals surface area contributed by atoms with Gasteiger partial charge in [-0.15, -0.1) is 0 Å². The SMILES string of the molecule is CCCCn1c(N)c(N(Cc2ccccc2)C(=O)CC2C=CCC2)c(=O)[nH]c1=O. The van der Waals surface area contributed by atoms with E-state index in [1.54, 1.807) is 0 Å². The van der Waals surface area contributed by atoms with Crippen molar-refractivity contribution in [2.75, 3.05) is 10.6 Å². The number of anilines is 2. The highest BCUT2D eigenvalue weighted by molar-refractivity contribution is 5.95. The Bertz CT molecular complexity index is 991. The Labute approximate surface area is 169 Å². The Hall–Kier alpha value is -3.09. The normalized spacial score (nSPS) is 15.6. The van der Waals surface area contributed by atoms with Gasteiger partial charge < -0.3 is 10.6 Å². The van der Waals surface area contributed by atoms with Crippen LogP contribution in [0, 0.1) is 5.92 Å². The maximum Gasteiger partial charge on any atom is 0.330 e. The van der Waals surface area contributed by atoms with Crippen LogP contribution in [0.15, 0.2) is 52.1 Å². The van der Waals surface area contributed by atoms with E-state index in [2.05, 4.69) is 11.1 Å². The van der Waals surface area contributed by atoms with Crippen LogP contribution in [0.25, 0.3) is 0 Å². The lowest BCUT2D eigenvalue weighted by atomic mass is 10.0. The summed E-state index contributed by atoms with van der Waals surface area (Å²) in [5, 5.41) is 0. The second-order valence-corrected chi connectivity index (χ2v) is 7.43. The van der Waals surface area contributed by atoms with E-state index >= 15 is 0 Å². The molecular weight excluding hydrogens is 368 g/mol. The third-order valence-corrected chi connectivity index (χ3v) is 5.25. The smallest absolute Gasteiger partial charge is 0.330 e. The number of aromatic amines is 1. The molecule has 0 aliphatic heterocycles. The van der Waals surface area contributed by atoms with Crippen molar-refractivity contribution in [1.82, 2.24) is 9.55 Å². The average Bonchev–Trinajstić information content (AvgIpc) is 3.20. The number of nitrogens with one attached hydrogen (secondary N) is 1. The molecule has 1 atom stereocenters. The maximum atomic E-state index is 13.2. The first-order valence-corrected chi connectivity index (χ1v) is 10.1. The van der Waals surface area contributed by atoms with Crippen LogP contribution < -0.4 is 21.9 Å². The molecule has 0 fully saturated rings. The van der Waals surface area contributed by atoms with Crippen LogP contribution >= 0.6 is 0 Å². The van der Waals surface area contributed by atoms with Gasteiger partial charge in [-0.3, -0.25) is 19.1 Å². The number of unbranched alkanes of at least 4 members (excludes halogenated alkanes) is 1. The van der Waals surface area contributed by atoms with E-state index in [-0.39, 0.29) is 29.9 Å². The molecule has 1 aliphatic rings. The zero-order valence-corrected chi connectivity index (χ0v) is 16.8. The Morgan fingerprint density at radius 2 is 2.03 bits per heavy atom. The molecule has 1 aromatic heterocycles. The van der Waals surface area contributed by atoms with Gasteiger partial charge in [0.25, 0.3) is 5.56 Å². The molecule has 0 spiro atoms. The van der Waals surface area contributed by atoms with Crippen LogP contribution in [0.1, 0.15) is 44.6 Å². The van der Waals surface area contributed by atoms with Crippen LogP contribution in [0.2, 0.25) is 0 Å². The quantitative estimate of drug-likeness (QED) is 0.670. The van der Waals surface area contributed by atoms with Crippen molar-refractivity contribution in [3.8, 4) is 0 Å². The number of nitrogen functional groups attached to an aromatic ring is 1. The van der Waals surface area contributed by atoms with Gasteiger partial charge in [-0.25, -0.2) is 4.79 Å². The summed E-state index contributed by atoms with van der Waals surface area (Å²) in [7, 11) is 0. The highest BCUT2D eigenvalue weighted by Gasteiger charge is 2.26. The van der Waals surface area contributed by atoms with Gasteiger partial charge in [0, 0.05) is 13.0 Å². The fourth-order valence-corrected chi connectivity index (χ4v) is 3.63. The molecule has 1 unspecified atom stereocenters. The Kier molecular flexibility index (Phi) is 6.69. The average molecular weight is 396 g/mol. The lowest BCUT2D eigenvalue weighted by Gasteiger charge is -2.25. The summed E-state index contributed by atoms with van der Waals surface area (Å²) >= 11 is 0. The van der Waals surface area contributed by atoms with Crippen molar-refractivity contribution in [2.45, 2.75) is 52.1 Å². The zero-order valence-electron chi connectivity index (χ0n) is 16.8. The Balaban J connectivity index is 2.02. The number of benzene rings is 1. The van der Waals surface area contributed by atoms with E-state index in [0.29, 0.717) is 13.0 Å². The monoisotopic (exact) mass is 396 g/mol. The molecule has 0 saturated carbocycles. The highest BCUT2D eigenvalue weighted by Crippen LogP contribution is 2.25. The summed E-state index contributed by atoms with van der Waals surface area (Å²) in [6.07, 6.45) is 7.93. The minimum absolute atomic E-state index is 0.0402. The molecule has 1 aliphatic carbocycles. The molecule has 1 aromatic carbocycles. The van der Waals surface area contributed by atoms with Crippen molar-refractivity contribution in [3.05, 3.63) is 68.9 Å². The van der Waals surface area contributed by atoms with Crippen LogP contribution in [-0.2, 0) is 17.9 Å². The summed E-state index contributed by atoms with van der Waals surface area (Å²) in [6.45, 7) is 2.62. The molecular formula is C22H28N4O3. The minimum atomic E-state index is -0.633. The molecule has 1 amide bonds. The van der Waals surface area contributed by atoms with E-state index in [4.69, 9.17) is 5.73 Å². The topological polar surface area (TPSA) is 101 Å². The number of rotatable bonds is 8. The third-order valence-electron chi connectivity index (χ3n) is 5.25. The summed E-state index contributed by atoms with van der Waals surface area (Å²) in [4.78, 5) is 41.9. The number of aromatic nitrogens is 2. The van der Waals surface area contributed by atoms with E-state index in [1.807, 2.05) is 43.3 Å². The first-order chi connectivity index (χ1) is 14.0. The number of allylic oxidation sites excluding steroid dienone is 2. The summed E-state index contributed by atoms with van der Waals surface area (Å²) in [5.74, 6) is 0.0221. The van der Waals surface area contributed by atoms with Crippen LogP contribution in [0.5, 0.6) is 0 Å². The highest BCUT2D eigenvalue weighted by atomic mass is 16.2. The van der Waals surface area contributed by atoms with Crippen LogP contribution in [0.3, 0.4) is 0 Å². The number of hydrogen-bond donors (Lipinski definition) is 2. The molecule has 7 heteroatoms. The van der Waals surface area contributed by atoms with E-state index < -0.39 is 11.2 Å². The molecule has 1 heterocycles. The number of nitrogens with zero attached hydrogens (tertiary/aromatic N) is 2. The molecule has 29 heavy (non-hydrogen) atoms. The van der Waals surface area contributed by atoms with E-state index in [0.717, 1.165) is 31.2 Å². The van der Waals surface area contributed by atoms with E-state index in [1.165, 1.54) is 9.47 Å². The van der Waals surface area contributed by atoms with Crippen LogP contribution in [-0.4, -0.2) is 15.5 Å². The van der Waals surface area contributed by atoms with Crippen molar-refractivity contribution < 1.29 is 4.79 Å². The summed E-state index contributed by atoms with van der Waals surface area (Å²) < 4.78 is 1.35. The number of amides is 1. The van der Waals surface area contributed by atoms with Crippen LogP contribution in [0.4, 0.5) is 11.5 Å². The molecule has 3 rings (SSSR count). The lowest BCUT2D eigenvalue weighted by Crippen LogP contribution is -2.41. The Morgan fingerprint density at radius 3 is 2.69 bits per heavy atom. The van der Waals surface area contributed by atoms with Crippen molar-refractivity contribution >= 4 is 17.4 Å². The second-order valence-electron chi connectivity index (χ2n) is 7.43. The predicted molar refractivity (Wildman–Crippen MR) is 115 cm³/mol. The zero-order chi connectivity index (χ0) is 20.8. The van der Waals surface area contributed by atoms with E-state index in [9.17, 15) is 14.4 Å². The first-order valence-electron chi connectivity index (χ1n) is 10.1. The predicted octanol–water partition coefficient (Wildman–Crippen LogP) is 2.81. The number of H-pyrrole nitrogens is 1. The van der Waals surface area contributed by atoms with Crippen molar-refractivity contribution in [2.24, 2.45) is 5.92 Å². The van der Waals surface area contributed by atoms with Gasteiger partial charge in [0.15, 0.2) is 5.69 Å². The fraction of sp³-hybridized carbons (Fsp3) is 0.409. The molecule has 154 valence electrons. The molecule has 0 saturated heterocycles. The standard InChI is InChI=1S/C22H28N4O3/c1-2-3-13-25-20(23)19(21(28)24-22(25)29)26(15-17-11-5-4-6-12-17)18(27)14-16-9-7-8-10-16/h4-7,9,11-12,16H,2-3,8,10,13-15,23H2,1H3,(H,24,28,29). The first kappa shape index (κ1) is 20.6. The fourth-order valence-electron chi connectivity index (χ4n) is 3.63. The summed E-state index contributed by atoms with van der Waals surface area (Å²) in [5.41, 5.74) is 6.02. The van der Waals surface area contributed by atoms with Crippen molar-refractivity contribution in [1.29, 1.82) is 0 Å². The van der Waals surface area contributed by atoms with Gasteiger partial charge in [0.1, 0.15) is 5.82 Å². The number of carbonyl (C=O) groups is 1. The molecule has 0 radical (unpaired) electrons. The van der Waals surface area contributed by atoms with Gasteiger partial charge in [-0.1, -0.05) is 55.8 Å². The molecule has 3 N–H and O–H groups in total. The summed E-state index contributed by atoms with van der Waals surface area (Å²) in [6, 6.07) is 9.45. The van der Waals surface area contributed by atoms with Gasteiger partial charge in [0.2, 0.25) is 5.91 Å². The molecule has 0 bridgehead atoms. The van der Waals surface area contributed by atoms with Gasteiger partial charge in [0.05, 0.1) is 6.54 Å². The van der Waals surface area contributed by atoms with Gasteiger partial charge in [-0.2, -0.15) is 0 Å². The third kappa shape index (κ3) is 4.85. The minimum Gasteiger partial charge on any atom is -0.383 e. The van der Waals surface area contributed by atoms with Gasteiger partial charge in [-0.05, 0) is 30.7 Å². The maximum absolute atomic E-state index is 13.2. The lowest BCUT2D eigenvalue weighted by molar-refractivity contribution is -0.119.